The number of carbonyl (C=O) groups is 2. The second-order valence-electron chi connectivity index (χ2n) is 10.8. The van der Waals surface area contributed by atoms with Crippen LogP contribution in [0.5, 0.6) is 5.88 Å². The number of aromatic nitrogens is 3. The van der Waals surface area contributed by atoms with Gasteiger partial charge in [0.05, 0.1) is 32.0 Å². The number of nitrogens with zero attached hydrogens (tertiary/aromatic N) is 4. The van der Waals surface area contributed by atoms with Crippen molar-refractivity contribution in [3.05, 3.63) is 65.4 Å². The molecule has 2 amide bonds. The van der Waals surface area contributed by atoms with Crippen LogP contribution in [0.4, 0.5) is 0 Å². The number of H-pyrrole nitrogens is 1. The number of aliphatic hydroxyl groups is 1. The van der Waals surface area contributed by atoms with E-state index in [1.54, 1.807) is 22.1 Å². The van der Waals surface area contributed by atoms with Crippen LogP contribution >= 0.6 is 0 Å². The molecule has 0 aliphatic carbocycles. The number of methoxy groups -OCH3 is 1. The maximum atomic E-state index is 13.7. The van der Waals surface area contributed by atoms with Crippen molar-refractivity contribution in [1.29, 1.82) is 0 Å². The number of nitrogens with one attached hydrogen (secondary N) is 1. The number of benzene rings is 1. The van der Waals surface area contributed by atoms with Crippen molar-refractivity contribution in [2.24, 2.45) is 5.92 Å². The van der Waals surface area contributed by atoms with Crippen LogP contribution in [0.2, 0.25) is 0 Å². The molecule has 214 valence electrons. The molecule has 0 bridgehead atoms. The van der Waals surface area contributed by atoms with Crippen LogP contribution in [0, 0.1) is 5.92 Å². The number of imidazole rings is 1. The minimum absolute atomic E-state index is 0.0862. The van der Waals surface area contributed by atoms with Crippen molar-refractivity contribution in [2.45, 2.75) is 63.9 Å². The number of rotatable bonds is 9. The minimum atomic E-state index is -0.704. The first-order valence-electron chi connectivity index (χ1n) is 13.8. The molecule has 40 heavy (non-hydrogen) atoms. The third-order valence-electron chi connectivity index (χ3n) is 7.71. The third-order valence-corrected chi connectivity index (χ3v) is 7.71. The summed E-state index contributed by atoms with van der Waals surface area (Å²) >= 11 is 0. The number of aliphatic hydroxyl groups excluding tert-OH is 1. The number of β-amino-alcohol motifs (C(OH)–C–C–N with tert-alkyl or cyclic N) is 1. The molecule has 2 fully saturated rings. The molecule has 2 aliphatic heterocycles. The molecule has 3 atom stereocenters. The van der Waals surface area contributed by atoms with Crippen LogP contribution in [0.25, 0.3) is 0 Å². The number of carbonyl (C=O) groups excluding carboxylic acids is 2. The zero-order valence-corrected chi connectivity index (χ0v) is 23.2. The lowest BCUT2D eigenvalue weighted by Crippen LogP contribution is -2.41. The topological polar surface area (TPSA) is 134 Å². The molecule has 0 spiro atoms. The van der Waals surface area contributed by atoms with E-state index in [1.165, 1.54) is 7.11 Å². The second kappa shape index (κ2) is 12.2. The lowest BCUT2D eigenvalue weighted by Gasteiger charge is -2.31. The Hall–Kier alpha value is -3.70. The molecular formula is C29H37N5O6. The van der Waals surface area contributed by atoms with Gasteiger partial charge in [0, 0.05) is 38.3 Å². The van der Waals surface area contributed by atoms with Crippen LogP contribution in [0.3, 0.4) is 0 Å². The monoisotopic (exact) mass is 551 g/mol. The van der Waals surface area contributed by atoms with Crippen LogP contribution in [0.1, 0.15) is 72.7 Å². The fourth-order valence-electron chi connectivity index (χ4n) is 5.54. The predicted octanol–water partition coefficient (Wildman–Crippen LogP) is 3.30. The summed E-state index contributed by atoms with van der Waals surface area (Å²) in [5.41, 5.74) is 1.43. The van der Waals surface area contributed by atoms with Gasteiger partial charge in [0.1, 0.15) is 17.4 Å². The molecule has 2 saturated heterocycles. The average Bonchev–Trinajstić information content (AvgIpc) is 3.72. The molecule has 0 radical (unpaired) electrons. The molecule has 2 aromatic heterocycles. The maximum absolute atomic E-state index is 13.7. The Morgan fingerprint density at radius 2 is 1.95 bits per heavy atom. The third kappa shape index (κ3) is 6.05. The highest BCUT2D eigenvalue weighted by atomic mass is 16.5. The fraction of sp³-hybridized carbons (Fsp3) is 0.517. The van der Waals surface area contributed by atoms with Crippen molar-refractivity contribution in [3.8, 4) is 5.88 Å². The van der Waals surface area contributed by atoms with E-state index in [4.69, 9.17) is 14.0 Å². The van der Waals surface area contributed by atoms with Gasteiger partial charge in [-0.05, 0) is 29.5 Å². The molecule has 11 nitrogen and oxygen atoms in total. The Morgan fingerprint density at radius 3 is 2.62 bits per heavy atom. The number of piperidine rings is 1. The average molecular weight is 552 g/mol. The summed E-state index contributed by atoms with van der Waals surface area (Å²) < 4.78 is 16.6. The van der Waals surface area contributed by atoms with Crippen molar-refractivity contribution < 1.29 is 28.7 Å². The summed E-state index contributed by atoms with van der Waals surface area (Å²) in [5, 5.41) is 14.3. The molecule has 5 rings (SSSR count). The van der Waals surface area contributed by atoms with Crippen molar-refractivity contribution >= 4 is 11.8 Å². The van der Waals surface area contributed by atoms with Gasteiger partial charge in [0.25, 0.3) is 11.8 Å². The highest BCUT2D eigenvalue weighted by Gasteiger charge is 2.42. The van der Waals surface area contributed by atoms with Crippen molar-refractivity contribution in [1.82, 2.24) is 24.9 Å². The normalized spacial score (nSPS) is 20.7. The maximum Gasteiger partial charge on any atom is 0.274 e. The number of aromatic amines is 1. The zero-order valence-electron chi connectivity index (χ0n) is 23.2. The second-order valence-corrected chi connectivity index (χ2v) is 10.8. The van der Waals surface area contributed by atoms with E-state index in [0.717, 1.165) is 18.4 Å². The number of hydrogen-bond donors (Lipinski definition) is 2. The highest BCUT2D eigenvalue weighted by Crippen LogP contribution is 2.37. The molecule has 3 aromatic rings. The molecule has 2 N–H and O–H groups in total. The summed E-state index contributed by atoms with van der Waals surface area (Å²) in [6, 6.07) is 11.2. The largest absolute Gasteiger partial charge is 0.479 e. The predicted molar refractivity (Wildman–Crippen MR) is 144 cm³/mol. The van der Waals surface area contributed by atoms with Gasteiger partial charge in [-0.1, -0.05) is 44.2 Å². The number of hydrogen-bond acceptors (Lipinski definition) is 8. The molecule has 1 aromatic carbocycles. The first kappa shape index (κ1) is 27.9. The van der Waals surface area contributed by atoms with Gasteiger partial charge >= 0.3 is 0 Å². The van der Waals surface area contributed by atoms with Crippen molar-refractivity contribution in [3.63, 3.8) is 0 Å². The number of ether oxygens (including phenoxy) is 2. The first-order valence-corrected chi connectivity index (χ1v) is 13.8. The van der Waals surface area contributed by atoms with Gasteiger partial charge in [0.2, 0.25) is 5.91 Å². The van der Waals surface area contributed by atoms with E-state index in [9.17, 15) is 14.7 Å². The first-order chi connectivity index (χ1) is 19.3. The quantitative estimate of drug-likeness (QED) is 0.414. The zero-order chi connectivity index (χ0) is 28.2. The standard InChI is InChI=1S/C29H37N5O6/c1-18(2)26(24-14-25(38-3)32-40-24)29(37)34-16-20(35)13-23(34)27-30-15-22(31-27)28(36)33-11-9-21(10-12-33)39-17-19-7-5-4-6-8-19/h4-8,14-15,18,20-21,23,26,35H,9-13,16-17H2,1-3H3,(H,30,31)/t20-,23+,26?/m1/s1. The SMILES string of the molecule is COc1cc(C(C(=O)N2C[C@H](O)C[C@H]2c2nc(C(=O)N3CCC(OCc4ccccc4)CC3)c[nH]2)C(C)C)on1. The fourth-order valence-corrected chi connectivity index (χ4v) is 5.54. The summed E-state index contributed by atoms with van der Waals surface area (Å²) in [5.74, 6) is 0.136. The molecule has 1 unspecified atom stereocenters. The van der Waals surface area contributed by atoms with Crippen LogP contribution in [-0.2, 0) is 16.1 Å². The van der Waals surface area contributed by atoms with Gasteiger partial charge in [-0.2, -0.15) is 0 Å². The summed E-state index contributed by atoms with van der Waals surface area (Å²) in [4.78, 5) is 38.1. The Balaban J connectivity index is 1.22. The van der Waals surface area contributed by atoms with E-state index in [2.05, 4.69) is 15.1 Å². The van der Waals surface area contributed by atoms with Gasteiger partial charge in [0.15, 0.2) is 5.76 Å². The molecular weight excluding hydrogens is 514 g/mol. The van der Waals surface area contributed by atoms with Crippen LogP contribution < -0.4 is 4.74 Å². The Kier molecular flexibility index (Phi) is 8.51. The number of amides is 2. The number of likely N-dealkylation sites (tertiary alicyclic amines) is 2. The minimum Gasteiger partial charge on any atom is -0.479 e. The van der Waals surface area contributed by atoms with Gasteiger partial charge in [-0.3, -0.25) is 9.59 Å². The van der Waals surface area contributed by atoms with E-state index >= 15 is 0 Å². The Morgan fingerprint density at radius 1 is 1.20 bits per heavy atom. The van der Waals surface area contributed by atoms with Crippen LogP contribution in [-0.4, -0.2) is 80.8 Å². The van der Waals surface area contributed by atoms with Gasteiger partial charge < -0.3 is 33.9 Å². The molecule has 0 saturated carbocycles. The Bertz CT molecular complexity index is 1280. The molecule has 4 heterocycles. The lowest BCUT2D eigenvalue weighted by atomic mass is 9.91. The summed E-state index contributed by atoms with van der Waals surface area (Å²) in [7, 11) is 1.48. The van der Waals surface area contributed by atoms with E-state index in [1.807, 2.05) is 44.2 Å². The van der Waals surface area contributed by atoms with Gasteiger partial charge in [-0.25, -0.2) is 4.98 Å². The van der Waals surface area contributed by atoms with Crippen molar-refractivity contribution in [2.75, 3.05) is 26.7 Å². The lowest BCUT2D eigenvalue weighted by molar-refractivity contribution is -0.135. The van der Waals surface area contributed by atoms with E-state index in [-0.39, 0.29) is 30.4 Å². The molecule has 11 heteroatoms. The highest BCUT2D eigenvalue weighted by molar-refractivity contribution is 5.92. The van der Waals surface area contributed by atoms with Gasteiger partial charge in [-0.15, -0.1) is 0 Å². The van der Waals surface area contributed by atoms with E-state index in [0.29, 0.717) is 49.3 Å². The smallest absolute Gasteiger partial charge is 0.274 e. The Labute approximate surface area is 233 Å². The summed E-state index contributed by atoms with van der Waals surface area (Å²) in [6.45, 7) is 5.76. The molecule has 2 aliphatic rings. The van der Waals surface area contributed by atoms with Crippen LogP contribution in [0.15, 0.2) is 47.1 Å². The summed E-state index contributed by atoms with van der Waals surface area (Å²) in [6.07, 6.45) is 2.83. The van der Waals surface area contributed by atoms with E-state index < -0.39 is 18.1 Å².